The van der Waals surface area contributed by atoms with Gasteiger partial charge in [-0.1, -0.05) is 12.1 Å². The largest absolute Gasteiger partial charge is 0.486 e. The van der Waals surface area contributed by atoms with Crippen LogP contribution >= 0.6 is 11.3 Å². The lowest BCUT2D eigenvalue weighted by Gasteiger charge is -2.08. The minimum atomic E-state index is -0.0469. The number of methoxy groups -OCH3 is 1. The maximum Gasteiger partial charge on any atom is 0.226 e. The van der Waals surface area contributed by atoms with Gasteiger partial charge < -0.3 is 14.8 Å². The first kappa shape index (κ1) is 17.4. The third-order valence-electron chi connectivity index (χ3n) is 3.26. The molecule has 0 bridgehead atoms. The molecular weight excluding hydrogens is 312 g/mol. The topological polar surface area (TPSA) is 60.5 Å². The van der Waals surface area contributed by atoms with Crippen molar-refractivity contribution in [3.05, 3.63) is 45.4 Å². The minimum Gasteiger partial charge on any atom is -0.486 e. The van der Waals surface area contributed by atoms with Crippen molar-refractivity contribution in [3.63, 3.8) is 0 Å². The number of hydrogen-bond donors (Lipinski definition) is 1. The minimum absolute atomic E-state index is 0.0469. The van der Waals surface area contributed by atoms with E-state index in [2.05, 4.69) is 16.4 Å². The smallest absolute Gasteiger partial charge is 0.226 e. The molecule has 1 N–H and O–H groups in total. The number of carbonyl (C=O) groups is 1. The van der Waals surface area contributed by atoms with Crippen molar-refractivity contribution in [1.82, 2.24) is 10.3 Å². The predicted molar refractivity (Wildman–Crippen MR) is 91.0 cm³/mol. The zero-order valence-electron chi connectivity index (χ0n) is 13.7. The van der Waals surface area contributed by atoms with E-state index in [4.69, 9.17) is 9.47 Å². The highest BCUT2D eigenvalue weighted by atomic mass is 32.1. The van der Waals surface area contributed by atoms with Gasteiger partial charge in [-0.2, -0.15) is 0 Å². The Hall–Kier alpha value is -1.92. The zero-order chi connectivity index (χ0) is 16.7. The molecule has 1 aromatic carbocycles. The second-order valence-electron chi connectivity index (χ2n) is 5.31. The molecule has 23 heavy (non-hydrogen) atoms. The van der Waals surface area contributed by atoms with Crippen LogP contribution < -0.4 is 10.1 Å². The number of rotatable bonds is 8. The number of aromatic nitrogens is 1. The third-order valence-corrected chi connectivity index (χ3v) is 4.14. The molecule has 1 amide bonds. The molecule has 2 rings (SSSR count). The summed E-state index contributed by atoms with van der Waals surface area (Å²) in [5, 5.41) is 5.55. The zero-order valence-corrected chi connectivity index (χ0v) is 14.5. The summed E-state index contributed by atoms with van der Waals surface area (Å²) in [5.74, 6) is 0.827. The van der Waals surface area contributed by atoms with E-state index >= 15 is 0 Å². The highest BCUT2D eigenvalue weighted by Gasteiger charge is 2.08. The molecule has 0 saturated heterocycles. The van der Waals surface area contributed by atoms with Crippen LogP contribution in [0.5, 0.6) is 5.75 Å². The van der Waals surface area contributed by atoms with Crippen molar-refractivity contribution < 1.29 is 14.3 Å². The van der Waals surface area contributed by atoms with E-state index in [9.17, 15) is 4.79 Å². The molecule has 0 atom stereocenters. The van der Waals surface area contributed by atoms with Gasteiger partial charge in [0.25, 0.3) is 0 Å². The molecule has 6 heteroatoms. The number of nitrogens with one attached hydrogen (secondary N) is 1. The summed E-state index contributed by atoms with van der Waals surface area (Å²) < 4.78 is 10.7. The number of thiazole rings is 1. The molecule has 0 aliphatic rings. The van der Waals surface area contributed by atoms with E-state index in [1.165, 1.54) is 11.3 Å². The first-order valence-electron chi connectivity index (χ1n) is 7.47. The maximum absolute atomic E-state index is 11.7. The monoisotopic (exact) mass is 334 g/mol. The van der Waals surface area contributed by atoms with Gasteiger partial charge in [-0.25, -0.2) is 4.98 Å². The Labute approximate surface area is 140 Å². The number of hydrogen-bond acceptors (Lipinski definition) is 5. The van der Waals surface area contributed by atoms with Gasteiger partial charge in [-0.3, -0.25) is 4.79 Å². The average molecular weight is 334 g/mol. The van der Waals surface area contributed by atoms with Crippen molar-refractivity contribution in [2.45, 2.75) is 26.9 Å². The summed E-state index contributed by atoms with van der Waals surface area (Å²) in [6, 6.07) is 6.13. The number of carbonyl (C=O) groups excluding carboxylic acids is 1. The van der Waals surface area contributed by atoms with Crippen LogP contribution in [0.25, 0.3) is 0 Å². The third kappa shape index (κ3) is 5.65. The quantitative estimate of drug-likeness (QED) is 0.754. The number of nitrogens with zero attached hydrogens (tertiary/aromatic N) is 1. The SMILES string of the molecule is COCCNC(=O)Cc1csc(COc2cc(C)ccc2C)n1. The summed E-state index contributed by atoms with van der Waals surface area (Å²) >= 11 is 1.51. The number of aryl methyl sites for hydroxylation is 2. The second-order valence-corrected chi connectivity index (χ2v) is 6.25. The molecule has 0 radical (unpaired) electrons. The molecule has 0 saturated carbocycles. The molecule has 2 aromatic rings. The van der Waals surface area contributed by atoms with Gasteiger partial charge >= 0.3 is 0 Å². The van der Waals surface area contributed by atoms with E-state index in [1.807, 2.05) is 31.4 Å². The fraction of sp³-hybridized carbons (Fsp3) is 0.412. The highest BCUT2D eigenvalue weighted by molar-refractivity contribution is 7.09. The van der Waals surface area contributed by atoms with Crippen LogP contribution in [0.1, 0.15) is 21.8 Å². The summed E-state index contributed by atoms with van der Waals surface area (Å²) in [5.41, 5.74) is 3.03. The van der Waals surface area contributed by atoms with E-state index in [0.717, 1.165) is 27.6 Å². The molecule has 0 aliphatic carbocycles. The Morgan fingerprint density at radius 1 is 1.35 bits per heavy atom. The van der Waals surface area contributed by atoms with Gasteiger partial charge in [-0.05, 0) is 31.0 Å². The first-order valence-corrected chi connectivity index (χ1v) is 8.35. The Morgan fingerprint density at radius 2 is 2.17 bits per heavy atom. The molecule has 1 aromatic heterocycles. The predicted octanol–water partition coefficient (Wildman–Crippen LogP) is 2.64. The van der Waals surface area contributed by atoms with E-state index in [-0.39, 0.29) is 12.3 Å². The molecule has 0 spiro atoms. The molecule has 1 heterocycles. The fourth-order valence-corrected chi connectivity index (χ4v) is 2.72. The molecule has 0 aliphatic heterocycles. The van der Waals surface area contributed by atoms with Crippen molar-refractivity contribution in [1.29, 1.82) is 0 Å². The van der Waals surface area contributed by atoms with Gasteiger partial charge in [0.1, 0.15) is 17.4 Å². The first-order chi connectivity index (χ1) is 11.1. The second kappa shape index (κ2) is 8.64. The van der Waals surface area contributed by atoms with Gasteiger partial charge in [0.2, 0.25) is 5.91 Å². The van der Waals surface area contributed by atoms with Crippen LogP contribution in [-0.2, 0) is 22.6 Å². The molecular formula is C17H22N2O3S. The summed E-state index contributed by atoms with van der Waals surface area (Å²) in [6.45, 7) is 5.50. The summed E-state index contributed by atoms with van der Waals surface area (Å²) in [7, 11) is 1.61. The van der Waals surface area contributed by atoms with E-state index < -0.39 is 0 Å². The Bertz CT molecular complexity index is 655. The average Bonchev–Trinajstić information content (AvgIpc) is 2.96. The standard InChI is InChI=1S/C17H22N2O3S/c1-12-4-5-13(2)15(8-12)22-10-17-19-14(11-23-17)9-16(20)18-6-7-21-3/h4-5,8,11H,6-7,9-10H2,1-3H3,(H,18,20). The van der Waals surface area contributed by atoms with Crippen molar-refractivity contribution in [2.75, 3.05) is 20.3 Å². The lowest BCUT2D eigenvalue weighted by atomic mass is 10.1. The molecule has 5 nitrogen and oxygen atoms in total. The molecule has 124 valence electrons. The van der Waals surface area contributed by atoms with Crippen LogP contribution in [0.4, 0.5) is 0 Å². The normalized spacial score (nSPS) is 10.6. The van der Waals surface area contributed by atoms with Crippen LogP contribution in [-0.4, -0.2) is 31.2 Å². The molecule has 0 fully saturated rings. The van der Waals surface area contributed by atoms with Crippen LogP contribution in [0.15, 0.2) is 23.6 Å². The van der Waals surface area contributed by atoms with Crippen LogP contribution in [0.2, 0.25) is 0 Å². The molecule has 0 unspecified atom stereocenters. The van der Waals surface area contributed by atoms with Crippen molar-refractivity contribution in [3.8, 4) is 5.75 Å². The van der Waals surface area contributed by atoms with E-state index in [0.29, 0.717) is 19.8 Å². The van der Waals surface area contributed by atoms with Crippen molar-refractivity contribution in [2.24, 2.45) is 0 Å². The lowest BCUT2D eigenvalue weighted by Crippen LogP contribution is -2.28. The lowest BCUT2D eigenvalue weighted by molar-refractivity contribution is -0.120. The highest BCUT2D eigenvalue weighted by Crippen LogP contribution is 2.21. The Kier molecular flexibility index (Phi) is 6.55. The van der Waals surface area contributed by atoms with Gasteiger partial charge in [0.05, 0.1) is 18.7 Å². The number of benzene rings is 1. The van der Waals surface area contributed by atoms with Gasteiger partial charge in [-0.15, -0.1) is 11.3 Å². The van der Waals surface area contributed by atoms with E-state index in [1.54, 1.807) is 7.11 Å². The van der Waals surface area contributed by atoms with Crippen LogP contribution in [0, 0.1) is 13.8 Å². The Balaban J connectivity index is 1.85. The van der Waals surface area contributed by atoms with Crippen molar-refractivity contribution >= 4 is 17.2 Å². The van der Waals surface area contributed by atoms with Gasteiger partial charge in [0.15, 0.2) is 0 Å². The Morgan fingerprint density at radius 3 is 2.96 bits per heavy atom. The number of ether oxygens (including phenoxy) is 2. The maximum atomic E-state index is 11.7. The van der Waals surface area contributed by atoms with Gasteiger partial charge in [0, 0.05) is 19.0 Å². The number of amides is 1. The summed E-state index contributed by atoms with van der Waals surface area (Å²) in [6.07, 6.45) is 0.281. The summed E-state index contributed by atoms with van der Waals surface area (Å²) in [4.78, 5) is 16.2. The van der Waals surface area contributed by atoms with Crippen LogP contribution in [0.3, 0.4) is 0 Å². The fourth-order valence-electron chi connectivity index (χ4n) is 2.02.